The number of aromatic nitrogens is 5. The molecule has 3 heterocycles. The average Bonchev–Trinajstić information content (AvgIpc) is 3.12. The third-order valence-corrected chi connectivity index (χ3v) is 4.81. The molecule has 1 aromatic carbocycles. The number of aryl methyl sites for hydroxylation is 2. The third-order valence-electron chi connectivity index (χ3n) is 4.81. The molecule has 9 heteroatoms. The number of nitrogens with zero attached hydrogens (tertiary/aromatic N) is 6. The molecule has 0 bridgehead atoms. The van der Waals surface area contributed by atoms with Crippen molar-refractivity contribution in [2.45, 2.75) is 45.7 Å². The molecule has 0 radical (unpaired) electrons. The molecule has 0 aliphatic carbocycles. The van der Waals surface area contributed by atoms with Gasteiger partial charge in [-0.1, -0.05) is 12.1 Å². The maximum Gasteiger partial charge on any atom is 0.270 e. The molecule has 1 aliphatic heterocycles. The smallest absolute Gasteiger partial charge is 0.270 e. The second kappa shape index (κ2) is 7.34. The summed E-state index contributed by atoms with van der Waals surface area (Å²) >= 11 is 0. The lowest BCUT2D eigenvalue weighted by molar-refractivity contribution is -0.384. The number of hydrogen-bond donors (Lipinski definition) is 1. The number of fused-ring (bicyclic) bond motifs is 1. The molecule has 1 atom stereocenters. The highest BCUT2D eigenvalue weighted by atomic mass is 16.6. The molecule has 2 aromatic heterocycles. The summed E-state index contributed by atoms with van der Waals surface area (Å²) in [6.07, 6.45) is 3.25. The van der Waals surface area contributed by atoms with E-state index in [0.717, 1.165) is 43.1 Å². The van der Waals surface area contributed by atoms with Crippen LogP contribution in [-0.4, -0.2) is 29.7 Å². The van der Waals surface area contributed by atoms with Crippen molar-refractivity contribution in [1.29, 1.82) is 0 Å². The van der Waals surface area contributed by atoms with Gasteiger partial charge in [-0.15, -0.1) is 10.2 Å². The van der Waals surface area contributed by atoms with Gasteiger partial charge in [-0.2, -0.15) is 0 Å². The average molecular weight is 379 g/mol. The van der Waals surface area contributed by atoms with E-state index in [1.807, 2.05) is 19.9 Å². The number of nitro groups is 1. The maximum atomic E-state index is 11.0. The summed E-state index contributed by atoms with van der Waals surface area (Å²) in [5, 5.41) is 23.1. The van der Waals surface area contributed by atoms with Crippen LogP contribution in [-0.2, 0) is 13.0 Å². The number of hydrogen-bond acceptors (Lipinski definition) is 7. The van der Waals surface area contributed by atoms with E-state index in [2.05, 4.69) is 30.0 Å². The molecule has 4 rings (SSSR count). The third kappa shape index (κ3) is 3.55. The molecular weight excluding hydrogens is 358 g/mol. The van der Waals surface area contributed by atoms with Crippen LogP contribution in [0.25, 0.3) is 11.4 Å². The van der Waals surface area contributed by atoms with Crippen molar-refractivity contribution in [2.24, 2.45) is 0 Å². The predicted molar refractivity (Wildman–Crippen MR) is 104 cm³/mol. The van der Waals surface area contributed by atoms with Gasteiger partial charge in [0.25, 0.3) is 5.69 Å². The van der Waals surface area contributed by atoms with E-state index < -0.39 is 4.92 Å². The first kappa shape index (κ1) is 18.0. The van der Waals surface area contributed by atoms with E-state index in [1.165, 1.54) is 12.1 Å². The normalized spacial score (nSPS) is 14.4. The molecule has 1 unspecified atom stereocenters. The summed E-state index contributed by atoms with van der Waals surface area (Å²) in [6.45, 7) is 4.83. The van der Waals surface area contributed by atoms with Gasteiger partial charge in [-0.25, -0.2) is 9.97 Å². The van der Waals surface area contributed by atoms with Gasteiger partial charge in [0.05, 0.1) is 11.0 Å². The van der Waals surface area contributed by atoms with E-state index in [-0.39, 0.29) is 11.7 Å². The number of nitrogens with one attached hydrogen (secondary N) is 1. The van der Waals surface area contributed by atoms with Gasteiger partial charge >= 0.3 is 0 Å². The number of benzene rings is 1. The van der Waals surface area contributed by atoms with Gasteiger partial charge in [0, 0.05) is 42.4 Å². The van der Waals surface area contributed by atoms with Crippen LogP contribution < -0.4 is 5.32 Å². The first-order valence-electron chi connectivity index (χ1n) is 9.30. The quantitative estimate of drug-likeness (QED) is 0.533. The van der Waals surface area contributed by atoms with Crippen LogP contribution in [0.15, 0.2) is 30.3 Å². The van der Waals surface area contributed by atoms with E-state index in [4.69, 9.17) is 0 Å². The van der Waals surface area contributed by atoms with Crippen molar-refractivity contribution in [1.82, 2.24) is 24.7 Å². The summed E-state index contributed by atoms with van der Waals surface area (Å²) < 4.78 is 2.18. The van der Waals surface area contributed by atoms with Crippen molar-refractivity contribution in [2.75, 3.05) is 5.32 Å². The lowest BCUT2D eigenvalue weighted by Crippen LogP contribution is -2.18. The van der Waals surface area contributed by atoms with Gasteiger partial charge in [0.15, 0.2) is 11.6 Å². The number of nitro benzene ring substituents is 1. The fraction of sp³-hybridized carbons (Fsp3) is 0.368. The lowest BCUT2D eigenvalue weighted by Gasteiger charge is -2.19. The van der Waals surface area contributed by atoms with Crippen molar-refractivity contribution >= 4 is 11.5 Å². The van der Waals surface area contributed by atoms with Crippen molar-refractivity contribution in [3.05, 3.63) is 57.8 Å². The maximum absolute atomic E-state index is 11.0. The predicted octanol–water partition coefficient (Wildman–Crippen LogP) is 3.46. The van der Waals surface area contributed by atoms with Gasteiger partial charge in [-0.3, -0.25) is 10.1 Å². The molecule has 9 nitrogen and oxygen atoms in total. The SMILES string of the molecule is Cc1cc(NC(C)c2nnc3n2CCCC3)nc(-c2cccc([N+](=O)[O-])c2)n1. The Labute approximate surface area is 162 Å². The molecule has 0 amide bonds. The first-order valence-corrected chi connectivity index (χ1v) is 9.30. The first-order chi connectivity index (χ1) is 13.5. The van der Waals surface area contributed by atoms with Crippen LogP contribution in [0.3, 0.4) is 0 Å². The zero-order valence-electron chi connectivity index (χ0n) is 15.8. The van der Waals surface area contributed by atoms with Gasteiger partial charge in [0.2, 0.25) is 0 Å². The molecule has 0 saturated carbocycles. The van der Waals surface area contributed by atoms with Crippen LogP contribution in [0.1, 0.15) is 43.1 Å². The summed E-state index contributed by atoms with van der Waals surface area (Å²) in [4.78, 5) is 19.6. The second-order valence-electron chi connectivity index (χ2n) is 6.97. The molecule has 1 aliphatic rings. The number of rotatable bonds is 5. The summed E-state index contributed by atoms with van der Waals surface area (Å²) in [5.41, 5.74) is 1.39. The zero-order chi connectivity index (χ0) is 19.7. The Hall–Kier alpha value is -3.36. The Bertz CT molecular complexity index is 1030. The Morgan fingerprint density at radius 1 is 1.21 bits per heavy atom. The molecule has 1 N–H and O–H groups in total. The van der Waals surface area contributed by atoms with Crippen LogP contribution in [0, 0.1) is 17.0 Å². The van der Waals surface area contributed by atoms with Gasteiger partial charge in [0.1, 0.15) is 11.6 Å². The highest BCUT2D eigenvalue weighted by Crippen LogP contribution is 2.25. The van der Waals surface area contributed by atoms with Crippen LogP contribution >= 0.6 is 0 Å². The monoisotopic (exact) mass is 379 g/mol. The Morgan fingerprint density at radius 2 is 2.07 bits per heavy atom. The molecule has 0 saturated heterocycles. The fourth-order valence-electron chi connectivity index (χ4n) is 3.47. The molecule has 0 spiro atoms. The van der Waals surface area contributed by atoms with Crippen LogP contribution in [0.4, 0.5) is 11.5 Å². The highest BCUT2D eigenvalue weighted by molar-refractivity contribution is 5.61. The summed E-state index contributed by atoms with van der Waals surface area (Å²) in [6, 6.07) is 8.12. The molecule has 28 heavy (non-hydrogen) atoms. The van der Waals surface area contributed by atoms with Gasteiger partial charge in [-0.05, 0) is 26.7 Å². The fourth-order valence-corrected chi connectivity index (χ4v) is 3.47. The summed E-state index contributed by atoms with van der Waals surface area (Å²) in [7, 11) is 0. The van der Waals surface area contributed by atoms with Crippen LogP contribution in [0.2, 0.25) is 0 Å². The van der Waals surface area contributed by atoms with E-state index in [9.17, 15) is 10.1 Å². The minimum Gasteiger partial charge on any atom is -0.360 e. The van der Waals surface area contributed by atoms with E-state index >= 15 is 0 Å². The lowest BCUT2D eigenvalue weighted by atomic mass is 10.1. The summed E-state index contributed by atoms with van der Waals surface area (Å²) in [5.74, 6) is 3.02. The van der Waals surface area contributed by atoms with E-state index in [0.29, 0.717) is 17.2 Å². The zero-order valence-corrected chi connectivity index (χ0v) is 15.8. The Balaban J connectivity index is 1.62. The van der Waals surface area contributed by atoms with Gasteiger partial charge < -0.3 is 9.88 Å². The number of anilines is 1. The topological polar surface area (TPSA) is 112 Å². The Kier molecular flexibility index (Phi) is 4.72. The van der Waals surface area contributed by atoms with E-state index in [1.54, 1.807) is 12.1 Å². The molecule has 144 valence electrons. The van der Waals surface area contributed by atoms with Crippen LogP contribution in [0.5, 0.6) is 0 Å². The minimum absolute atomic E-state index is 0.0144. The standard InChI is InChI=1S/C19H21N7O2/c1-12-10-16(21-13(2)19-24-23-17-8-3-4-9-25(17)19)22-18(20-12)14-6-5-7-15(11-14)26(27)28/h5-7,10-11,13H,3-4,8-9H2,1-2H3,(H,20,21,22). The second-order valence-corrected chi connectivity index (χ2v) is 6.97. The van der Waals surface area contributed by atoms with Crippen molar-refractivity contribution in [3.8, 4) is 11.4 Å². The molecule has 3 aromatic rings. The highest BCUT2D eigenvalue weighted by Gasteiger charge is 2.20. The van der Waals surface area contributed by atoms with Crippen molar-refractivity contribution < 1.29 is 4.92 Å². The Morgan fingerprint density at radius 3 is 2.89 bits per heavy atom. The molecule has 0 fully saturated rings. The minimum atomic E-state index is -0.422. The molecular formula is C19H21N7O2. The largest absolute Gasteiger partial charge is 0.360 e. The number of non-ortho nitro benzene ring substituents is 1. The van der Waals surface area contributed by atoms with Crippen molar-refractivity contribution in [3.63, 3.8) is 0 Å².